The Morgan fingerprint density at radius 1 is 1.17 bits per heavy atom. The minimum atomic E-state index is -4.20. The fourth-order valence-corrected chi connectivity index (χ4v) is 6.62. The molecule has 0 bridgehead atoms. The third-order valence-corrected chi connectivity index (χ3v) is 9.47. The molecular formula is C28H45N5O8S. The van der Waals surface area contributed by atoms with Gasteiger partial charge in [-0.05, 0) is 43.0 Å². The number of carbonyl (C=O) groups is 4. The Balaban J connectivity index is 2.19. The first-order valence-corrected chi connectivity index (χ1v) is 15.5. The van der Waals surface area contributed by atoms with Crippen molar-refractivity contribution in [2.24, 2.45) is 17.6 Å². The van der Waals surface area contributed by atoms with E-state index in [4.69, 9.17) is 15.2 Å². The van der Waals surface area contributed by atoms with Gasteiger partial charge in [-0.3, -0.25) is 19.2 Å². The number of nitrogens with one attached hydrogen (secondary N) is 2. The first kappa shape index (κ1) is 35.1. The molecule has 0 aliphatic carbocycles. The number of hydrogen-bond acceptors (Lipinski definition) is 9. The topological polar surface area (TPSA) is 177 Å². The van der Waals surface area contributed by atoms with Gasteiger partial charge in [0.1, 0.15) is 0 Å². The summed E-state index contributed by atoms with van der Waals surface area (Å²) in [6.07, 6.45) is 1.11. The predicted molar refractivity (Wildman–Crippen MR) is 157 cm³/mol. The SMILES string of the molecule is CCC(C)C(C(CC(=O)N1CCCC1C(OC)C(C)C(=O)NS(=O)(=O)c1ccc(NC=O)cc1)OC)N(C)C(=O)CN. The zero-order valence-electron chi connectivity index (χ0n) is 25.2. The average Bonchev–Trinajstić information content (AvgIpc) is 3.46. The maximum atomic E-state index is 13.6. The summed E-state index contributed by atoms with van der Waals surface area (Å²) in [6, 6.07) is 4.50. The van der Waals surface area contributed by atoms with E-state index in [0.717, 1.165) is 6.42 Å². The van der Waals surface area contributed by atoms with Crippen molar-refractivity contribution in [2.45, 2.75) is 75.6 Å². The molecule has 1 heterocycles. The Hall–Kier alpha value is -3.07. The lowest BCUT2D eigenvalue weighted by Gasteiger charge is -2.39. The van der Waals surface area contributed by atoms with Crippen LogP contribution in [-0.4, -0.2) is 101 Å². The molecule has 13 nitrogen and oxygen atoms in total. The molecule has 42 heavy (non-hydrogen) atoms. The summed E-state index contributed by atoms with van der Waals surface area (Å²) >= 11 is 0. The van der Waals surface area contributed by atoms with Crippen LogP contribution in [0.25, 0.3) is 0 Å². The molecule has 236 valence electrons. The summed E-state index contributed by atoms with van der Waals surface area (Å²) in [6.45, 7) is 5.83. The lowest BCUT2D eigenvalue weighted by Crippen LogP contribution is -2.54. The van der Waals surface area contributed by atoms with E-state index < -0.39 is 40.1 Å². The van der Waals surface area contributed by atoms with Gasteiger partial charge >= 0.3 is 0 Å². The molecule has 0 aromatic heterocycles. The van der Waals surface area contributed by atoms with Gasteiger partial charge in [0.15, 0.2) is 0 Å². The number of anilines is 1. The van der Waals surface area contributed by atoms with Crippen molar-refractivity contribution in [1.82, 2.24) is 14.5 Å². The fraction of sp³-hybridized carbons (Fsp3) is 0.643. The number of hydrogen-bond donors (Lipinski definition) is 3. The standard InChI is InChI=1S/C28H45N5O8S/c1-7-18(2)26(32(4)25(36)16-29)23(40-5)15-24(35)33-14-8-9-22(33)27(41-6)19(3)28(37)31-42(38,39)21-12-10-20(11-13-21)30-17-34/h10-13,17-19,22-23,26-27H,7-9,14-16,29H2,1-6H3,(H,30,34)(H,31,37). The third-order valence-electron chi connectivity index (χ3n) is 8.10. The van der Waals surface area contributed by atoms with Crippen LogP contribution in [0, 0.1) is 11.8 Å². The lowest BCUT2D eigenvalue weighted by atomic mass is 9.90. The Labute approximate surface area is 248 Å². The molecule has 4 amide bonds. The van der Waals surface area contributed by atoms with Gasteiger partial charge in [0, 0.05) is 33.5 Å². The molecule has 1 saturated heterocycles. The average molecular weight is 612 g/mol. The third kappa shape index (κ3) is 8.49. The quantitative estimate of drug-likeness (QED) is 0.230. The van der Waals surface area contributed by atoms with Crippen LogP contribution < -0.4 is 15.8 Å². The Kier molecular flexibility index (Phi) is 13.3. The number of likely N-dealkylation sites (N-methyl/N-ethyl adjacent to an activating group) is 1. The van der Waals surface area contributed by atoms with Crippen LogP contribution in [0.2, 0.25) is 0 Å². The molecule has 6 unspecified atom stereocenters. The highest BCUT2D eigenvalue weighted by Gasteiger charge is 2.42. The predicted octanol–water partition coefficient (Wildman–Crippen LogP) is 0.939. The van der Waals surface area contributed by atoms with Gasteiger partial charge in [0.2, 0.25) is 24.1 Å². The number of ether oxygens (including phenoxy) is 2. The molecule has 6 atom stereocenters. The number of carbonyl (C=O) groups excluding carboxylic acids is 4. The molecule has 1 aromatic carbocycles. The van der Waals surface area contributed by atoms with Crippen molar-refractivity contribution in [3.8, 4) is 0 Å². The van der Waals surface area contributed by atoms with E-state index in [9.17, 15) is 27.6 Å². The largest absolute Gasteiger partial charge is 0.379 e. The molecule has 1 aliphatic rings. The van der Waals surface area contributed by atoms with Gasteiger partial charge in [-0.25, -0.2) is 13.1 Å². The molecular weight excluding hydrogens is 566 g/mol. The molecule has 14 heteroatoms. The summed E-state index contributed by atoms with van der Waals surface area (Å²) in [5.41, 5.74) is 6.00. The van der Waals surface area contributed by atoms with E-state index in [-0.39, 0.29) is 41.6 Å². The first-order valence-electron chi connectivity index (χ1n) is 14.0. The number of likely N-dealkylation sites (tertiary alicyclic amines) is 1. The molecule has 1 fully saturated rings. The second-order valence-electron chi connectivity index (χ2n) is 10.6. The summed E-state index contributed by atoms with van der Waals surface area (Å²) < 4.78 is 39.3. The second kappa shape index (κ2) is 16.0. The number of benzene rings is 1. The van der Waals surface area contributed by atoms with E-state index in [1.807, 2.05) is 13.8 Å². The van der Waals surface area contributed by atoms with E-state index >= 15 is 0 Å². The number of nitrogens with zero attached hydrogens (tertiary/aromatic N) is 2. The zero-order valence-corrected chi connectivity index (χ0v) is 26.1. The van der Waals surface area contributed by atoms with Gasteiger partial charge in [-0.15, -0.1) is 0 Å². The highest BCUT2D eigenvalue weighted by molar-refractivity contribution is 7.90. The summed E-state index contributed by atoms with van der Waals surface area (Å²) in [5.74, 6) is -2.12. The number of rotatable bonds is 16. The van der Waals surface area contributed by atoms with Crippen LogP contribution in [-0.2, 0) is 38.7 Å². The van der Waals surface area contributed by atoms with Crippen molar-refractivity contribution in [2.75, 3.05) is 39.7 Å². The van der Waals surface area contributed by atoms with Crippen molar-refractivity contribution < 1.29 is 37.1 Å². The molecule has 2 rings (SSSR count). The van der Waals surface area contributed by atoms with Crippen molar-refractivity contribution in [3.63, 3.8) is 0 Å². The van der Waals surface area contributed by atoms with Crippen LogP contribution in [0.4, 0.5) is 5.69 Å². The van der Waals surface area contributed by atoms with Crippen LogP contribution >= 0.6 is 0 Å². The van der Waals surface area contributed by atoms with E-state index in [1.165, 1.54) is 38.5 Å². The summed E-state index contributed by atoms with van der Waals surface area (Å²) in [5, 5.41) is 2.41. The van der Waals surface area contributed by atoms with Gasteiger partial charge in [-0.1, -0.05) is 27.2 Å². The molecule has 1 aliphatic heterocycles. The van der Waals surface area contributed by atoms with Crippen LogP contribution in [0.1, 0.15) is 46.5 Å². The van der Waals surface area contributed by atoms with E-state index in [0.29, 0.717) is 31.5 Å². The number of nitrogens with two attached hydrogens (primary N) is 1. The Morgan fingerprint density at radius 2 is 1.81 bits per heavy atom. The molecule has 0 spiro atoms. The van der Waals surface area contributed by atoms with Crippen LogP contribution in [0.15, 0.2) is 29.2 Å². The summed E-state index contributed by atoms with van der Waals surface area (Å²) in [7, 11) is 0.392. The van der Waals surface area contributed by atoms with Crippen molar-refractivity contribution in [1.29, 1.82) is 0 Å². The van der Waals surface area contributed by atoms with Crippen LogP contribution in [0.5, 0.6) is 0 Å². The highest BCUT2D eigenvalue weighted by atomic mass is 32.2. The Morgan fingerprint density at radius 3 is 2.33 bits per heavy atom. The molecule has 0 saturated carbocycles. The van der Waals surface area contributed by atoms with Crippen molar-refractivity contribution >= 4 is 39.8 Å². The fourth-order valence-electron chi connectivity index (χ4n) is 5.55. The minimum Gasteiger partial charge on any atom is -0.379 e. The van der Waals surface area contributed by atoms with Gasteiger partial charge in [-0.2, -0.15) is 0 Å². The molecule has 0 radical (unpaired) electrons. The van der Waals surface area contributed by atoms with Gasteiger partial charge in [0.05, 0.1) is 48.1 Å². The second-order valence-corrected chi connectivity index (χ2v) is 12.3. The molecule has 1 aromatic rings. The zero-order chi connectivity index (χ0) is 31.6. The number of methoxy groups -OCH3 is 2. The number of sulfonamides is 1. The minimum absolute atomic E-state index is 0.00451. The van der Waals surface area contributed by atoms with Gasteiger partial charge < -0.3 is 30.3 Å². The Bertz CT molecular complexity index is 1180. The van der Waals surface area contributed by atoms with Gasteiger partial charge in [0.25, 0.3) is 10.0 Å². The van der Waals surface area contributed by atoms with E-state index in [2.05, 4.69) is 10.0 Å². The monoisotopic (exact) mass is 611 g/mol. The first-order chi connectivity index (χ1) is 19.9. The highest BCUT2D eigenvalue weighted by Crippen LogP contribution is 2.29. The smallest absolute Gasteiger partial charge is 0.264 e. The lowest BCUT2D eigenvalue weighted by molar-refractivity contribution is -0.145. The van der Waals surface area contributed by atoms with Crippen molar-refractivity contribution in [3.05, 3.63) is 24.3 Å². The van der Waals surface area contributed by atoms with E-state index in [1.54, 1.807) is 23.8 Å². The normalized spacial score (nSPS) is 18.8. The summed E-state index contributed by atoms with van der Waals surface area (Å²) in [4.78, 5) is 52.8. The van der Waals surface area contributed by atoms with Crippen LogP contribution in [0.3, 0.4) is 0 Å². The maximum absolute atomic E-state index is 13.6. The maximum Gasteiger partial charge on any atom is 0.264 e. The molecule has 4 N–H and O–H groups in total. The number of amides is 4.